The minimum atomic E-state index is -0.578. The molecule has 8 nitrogen and oxygen atoms in total. The predicted molar refractivity (Wildman–Crippen MR) is 90.1 cm³/mol. The zero-order chi connectivity index (χ0) is 17.8. The topological polar surface area (TPSA) is 89.4 Å². The van der Waals surface area contributed by atoms with Crippen molar-refractivity contribution in [3.8, 4) is 5.75 Å². The van der Waals surface area contributed by atoms with Gasteiger partial charge in [-0.1, -0.05) is 0 Å². The van der Waals surface area contributed by atoms with Crippen LogP contribution in [0.1, 0.15) is 23.8 Å². The number of carbonyl (C=O) groups is 2. The lowest BCUT2D eigenvalue weighted by molar-refractivity contribution is -0.124. The standard InChI is InChI=1S/C17H21N5O3/c1-3-21-8-6-14(20-21)17(24)22-11-13(9-15(22)16(23)18-2)25-12-5-4-7-19-10-12/h4-8,10,13,15H,3,9,11H2,1-2H3,(H,18,23)/t13-,15-/m0/s1. The molecular formula is C17H21N5O3. The van der Waals surface area contributed by atoms with Gasteiger partial charge in [-0.3, -0.25) is 19.3 Å². The Labute approximate surface area is 145 Å². The lowest BCUT2D eigenvalue weighted by atomic mass is 10.2. The van der Waals surface area contributed by atoms with E-state index in [4.69, 9.17) is 4.74 Å². The second-order valence-electron chi connectivity index (χ2n) is 5.81. The molecular weight excluding hydrogens is 322 g/mol. The molecule has 8 heteroatoms. The van der Waals surface area contributed by atoms with E-state index in [1.54, 1.807) is 48.5 Å². The van der Waals surface area contributed by atoms with Crippen molar-refractivity contribution < 1.29 is 14.3 Å². The molecule has 2 aromatic heterocycles. The first-order valence-corrected chi connectivity index (χ1v) is 8.25. The van der Waals surface area contributed by atoms with E-state index in [1.807, 2.05) is 6.92 Å². The number of aromatic nitrogens is 3. The molecule has 2 atom stereocenters. The Balaban J connectivity index is 1.77. The van der Waals surface area contributed by atoms with E-state index in [1.165, 1.54) is 4.90 Å². The molecule has 0 spiro atoms. The minimum absolute atomic E-state index is 0.208. The SMILES string of the molecule is CCn1ccc(C(=O)N2C[C@@H](Oc3cccnc3)C[C@H]2C(=O)NC)n1. The summed E-state index contributed by atoms with van der Waals surface area (Å²) in [5.74, 6) is 0.145. The first kappa shape index (κ1) is 16.9. The van der Waals surface area contributed by atoms with Crippen molar-refractivity contribution in [3.05, 3.63) is 42.5 Å². The number of rotatable bonds is 5. The number of likely N-dealkylation sites (N-methyl/N-ethyl adjacent to an activating group) is 1. The lowest BCUT2D eigenvalue weighted by Gasteiger charge is -2.21. The van der Waals surface area contributed by atoms with Crippen molar-refractivity contribution in [1.29, 1.82) is 0 Å². The molecule has 0 aliphatic carbocycles. The normalized spacial score (nSPS) is 19.7. The maximum atomic E-state index is 12.8. The van der Waals surface area contributed by atoms with E-state index in [9.17, 15) is 9.59 Å². The molecule has 3 heterocycles. The number of aryl methyl sites for hydroxylation is 1. The predicted octanol–water partition coefficient (Wildman–Crippen LogP) is 0.706. The maximum absolute atomic E-state index is 12.8. The van der Waals surface area contributed by atoms with Crippen molar-refractivity contribution in [2.45, 2.75) is 32.0 Å². The van der Waals surface area contributed by atoms with Crippen molar-refractivity contribution >= 4 is 11.8 Å². The average molecular weight is 343 g/mol. The first-order valence-electron chi connectivity index (χ1n) is 8.25. The second-order valence-corrected chi connectivity index (χ2v) is 5.81. The summed E-state index contributed by atoms with van der Waals surface area (Å²) in [6, 6.07) is 4.67. The van der Waals surface area contributed by atoms with Gasteiger partial charge in [-0.05, 0) is 25.1 Å². The number of nitrogens with one attached hydrogen (secondary N) is 1. The number of hydrogen-bond donors (Lipinski definition) is 1. The molecule has 132 valence electrons. The molecule has 25 heavy (non-hydrogen) atoms. The molecule has 2 aromatic rings. The number of nitrogens with zero attached hydrogens (tertiary/aromatic N) is 4. The highest BCUT2D eigenvalue weighted by atomic mass is 16.5. The molecule has 0 unspecified atom stereocenters. The van der Waals surface area contributed by atoms with Gasteiger partial charge >= 0.3 is 0 Å². The Morgan fingerprint density at radius 3 is 2.88 bits per heavy atom. The van der Waals surface area contributed by atoms with Gasteiger partial charge in [0.25, 0.3) is 5.91 Å². The van der Waals surface area contributed by atoms with Crippen LogP contribution in [0.25, 0.3) is 0 Å². The van der Waals surface area contributed by atoms with Gasteiger partial charge in [-0.15, -0.1) is 0 Å². The molecule has 0 radical (unpaired) electrons. The zero-order valence-corrected chi connectivity index (χ0v) is 14.3. The van der Waals surface area contributed by atoms with Gasteiger partial charge in [0, 0.05) is 32.4 Å². The molecule has 1 fully saturated rings. The Morgan fingerprint density at radius 2 is 2.24 bits per heavy atom. The van der Waals surface area contributed by atoms with Crippen LogP contribution in [0.4, 0.5) is 0 Å². The monoisotopic (exact) mass is 343 g/mol. The molecule has 1 aliphatic rings. The fourth-order valence-corrected chi connectivity index (χ4v) is 2.93. The van der Waals surface area contributed by atoms with E-state index in [0.717, 1.165) is 0 Å². The Kier molecular flexibility index (Phi) is 4.97. The van der Waals surface area contributed by atoms with Gasteiger partial charge in [0.1, 0.15) is 23.6 Å². The van der Waals surface area contributed by atoms with E-state index in [0.29, 0.717) is 31.0 Å². The van der Waals surface area contributed by atoms with Crippen LogP contribution in [0.3, 0.4) is 0 Å². The molecule has 0 saturated carbocycles. The maximum Gasteiger partial charge on any atom is 0.275 e. The summed E-state index contributed by atoms with van der Waals surface area (Å²) in [5, 5.41) is 6.86. The van der Waals surface area contributed by atoms with Crippen molar-refractivity contribution in [3.63, 3.8) is 0 Å². The first-order chi connectivity index (χ1) is 12.1. The molecule has 0 bridgehead atoms. The number of amides is 2. The third-order valence-electron chi connectivity index (χ3n) is 4.19. The Hall–Kier alpha value is -2.90. The number of pyridine rings is 1. The van der Waals surface area contributed by atoms with Crippen LogP contribution >= 0.6 is 0 Å². The number of carbonyl (C=O) groups excluding carboxylic acids is 2. The summed E-state index contributed by atoms with van der Waals surface area (Å²) in [7, 11) is 1.56. The quantitative estimate of drug-likeness (QED) is 0.863. The smallest absolute Gasteiger partial charge is 0.275 e. The van der Waals surface area contributed by atoms with Crippen molar-refractivity contribution in [1.82, 2.24) is 25.0 Å². The summed E-state index contributed by atoms with van der Waals surface area (Å²) in [4.78, 5) is 30.6. The Bertz CT molecular complexity index is 746. The lowest BCUT2D eigenvalue weighted by Crippen LogP contribution is -2.45. The second kappa shape index (κ2) is 7.33. The van der Waals surface area contributed by atoms with Crippen molar-refractivity contribution in [2.75, 3.05) is 13.6 Å². The van der Waals surface area contributed by atoms with E-state index >= 15 is 0 Å². The highest BCUT2D eigenvalue weighted by Crippen LogP contribution is 2.24. The molecule has 1 aliphatic heterocycles. The highest BCUT2D eigenvalue weighted by Gasteiger charge is 2.41. The summed E-state index contributed by atoms with van der Waals surface area (Å²) >= 11 is 0. The molecule has 1 saturated heterocycles. The van der Waals surface area contributed by atoms with E-state index < -0.39 is 6.04 Å². The van der Waals surface area contributed by atoms with Crippen LogP contribution in [-0.2, 0) is 11.3 Å². The minimum Gasteiger partial charge on any atom is -0.487 e. The number of ether oxygens (including phenoxy) is 1. The van der Waals surface area contributed by atoms with Crippen LogP contribution in [-0.4, -0.2) is 57.2 Å². The summed E-state index contributed by atoms with van der Waals surface area (Å²) in [5.41, 5.74) is 0.331. The van der Waals surface area contributed by atoms with E-state index in [-0.39, 0.29) is 17.9 Å². The van der Waals surface area contributed by atoms with Gasteiger partial charge in [0.05, 0.1) is 12.7 Å². The van der Waals surface area contributed by atoms with Crippen LogP contribution in [0.15, 0.2) is 36.8 Å². The Morgan fingerprint density at radius 1 is 1.40 bits per heavy atom. The molecule has 2 amide bonds. The van der Waals surface area contributed by atoms with Gasteiger partial charge in [-0.2, -0.15) is 5.10 Å². The fraction of sp³-hybridized carbons (Fsp3) is 0.412. The number of likely N-dealkylation sites (tertiary alicyclic amines) is 1. The number of hydrogen-bond acceptors (Lipinski definition) is 5. The highest BCUT2D eigenvalue weighted by molar-refractivity contribution is 5.96. The van der Waals surface area contributed by atoms with Gasteiger partial charge in [0.15, 0.2) is 0 Å². The molecule has 0 aromatic carbocycles. The molecule has 3 rings (SSSR count). The van der Waals surface area contributed by atoms with Gasteiger partial charge < -0.3 is 15.0 Å². The third kappa shape index (κ3) is 3.62. The van der Waals surface area contributed by atoms with Crippen LogP contribution in [0.5, 0.6) is 5.75 Å². The third-order valence-corrected chi connectivity index (χ3v) is 4.19. The van der Waals surface area contributed by atoms with Crippen molar-refractivity contribution in [2.24, 2.45) is 0 Å². The van der Waals surface area contributed by atoms with Gasteiger partial charge in [0.2, 0.25) is 5.91 Å². The summed E-state index contributed by atoms with van der Waals surface area (Å²) in [6.07, 6.45) is 5.18. The molecule has 1 N–H and O–H groups in total. The van der Waals surface area contributed by atoms with E-state index in [2.05, 4.69) is 15.4 Å². The van der Waals surface area contributed by atoms with Crippen LogP contribution < -0.4 is 10.1 Å². The summed E-state index contributed by atoms with van der Waals surface area (Å²) in [6.45, 7) is 2.95. The average Bonchev–Trinajstić information content (AvgIpc) is 3.28. The van der Waals surface area contributed by atoms with Crippen LogP contribution in [0.2, 0.25) is 0 Å². The largest absolute Gasteiger partial charge is 0.487 e. The zero-order valence-electron chi connectivity index (χ0n) is 14.3. The van der Waals surface area contributed by atoms with Crippen LogP contribution in [0, 0.1) is 0 Å². The summed E-state index contributed by atoms with van der Waals surface area (Å²) < 4.78 is 7.56. The fourth-order valence-electron chi connectivity index (χ4n) is 2.93. The van der Waals surface area contributed by atoms with Gasteiger partial charge in [-0.25, -0.2) is 0 Å².